The number of nitrogens with zero attached hydrogens (tertiary/aromatic N) is 3. The van der Waals surface area contributed by atoms with Crippen molar-refractivity contribution in [1.82, 2.24) is 9.81 Å². The molecular formula is C7H13N4O4+. The number of piperidine rings is 1. The molecule has 15 heavy (non-hydrogen) atoms. The normalized spacial score (nSPS) is 30.8. The van der Waals surface area contributed by atoms with Crippen molar-refractivity contribution in [3.63, 3.8) is 0 Å². The van der Waals surface area contributed by atoms with Crippen LogP contribution in [0.4, 0.5) is 4.79 Å². The lowest BCUT2D eigenvalue weighted by Gasteiger charge is -2.38. The van der Waals surface area contributed by atoms with E-state index >= 15 is 0 Å². The van der Waals surface area contributed by atoms with Crippen molar-refractivity contribution in [2.24, 2.45) is 5.11 Å². The molecule has 1 rings (SSSR count). The molecule has 0 spiro atoms. The predicted octanol–water partition coefficient (Wildman–Crippen LogP) is -0.988. The highest BCUT2D eigenvalue weighted by molar-refractivity contribution is 5.65. The fraction of sp³-hybridized carbons (Fsp3) is 0.857. The van der Waals surface area contributed by atoms with Crippen LogP contribution in [0.25, 0.3) is 0 Å². The highest BCUT2D eigenvalue weighted by Gasteiger charge is 2.43. The molecule has 0 aromatic heterocycles. The van der Waals surface area contributed by atoms with Crippen molar-refractivity contribution < 1.29 is 20.1 Å². The smallest absolute Gasteiger partial charge is 0.407 e. The Labute approximate surface area is 85.4 Å². The molecule has 1 aliphatic heterocycles. The van der Waals surface area contributed by atoms with E-state index in [9.17, 15) is 15.0 Å². The fourth-order valence-corrected chi connectivity index (χ4v) is 1.48. The van der Waals surface area contributed by atoms with E-state index in [1.807, 2.05) is 0 Å². The molecule has 0 radical (unpaired) electrons. The minimum absolute atomic E-state index is 0.0828. The first-order valence-corrected chi connectivity index (χ1v) is 4.41. The zero-order chi connectivity index (χ0) is 11.5. The number of nitrogens with one attached hydrogen (secondary N) is 1. The number of hydrogen-bond donors (Lipinski definition) is 4. The Bertz CT molecular complexity index is 303. The average molecular weight is 217 g/mol. The number of likely N-dealkylation sites (tertiary alicyclic amines) is 1. The Morgan fingerprint density at radius 2 is 2.40 bits per heavy atom. The molecular weight excluding hydrogens is 204 g/mol. The van der Waals surface area contributed by atoms with Crippen LogP contribution in [0.1, 0.15) is 6.42 Å². The molecule has 1 amide bonds. The molecule has 2 unspecified atom stereocenters. The highest BCUT2D eigenvalue weighted by Crippen LogP contribution is 2.23. The molecule has 1 fully saturated rings. The van der Waals surface area contributed by atoms with Crippen LogP contribution in [0, 0.1) is 5.53 Å². The molecule has 4 N–H and O–H groups in total. The highest BCUT2D eigenvalue weighted by atomic mass is 16.4. The lowest BCUT2D eigenvalue weighted by atomic mass is 9.89. The van der Waals surface area contributed by atoms with E-state index in [4.69, 9.17) is 10.6 Å². The number of aliphatic hydroxyl groups excluding tert-OH is 1. The Morgan fingerprint density at radius 3 is 2.87 bits per heavy atom. The molecule has 1 heterocycles. The number of hydrogen-bond acceptors (Lipinski definition) is 5. The summed E-state index contributed by atoms with van der Waals surface area (Å²) in [4.78, 5) is 14.3. The van der Waals surface area contributed by atoms with E-state index in [2.05, 4.69) is 10.0 Å². The third-order valence-corrected chi connectivity index (χ3v) is 2.51. The lowest BCUT2D eigenvalue weighted by molar-refractivity contribution is -0.107. The minimum Gasteiger partial charge on any atom is -0.465 e. The van der Waals surface area contributed by atoms with E-state index in [-0.39, 0.29) is 26.1 Å². The van der Waals surface area contributed by atoms with Crippen LogP contribution in [0.5, 0.6) is 0 Å². The molecule has 0 aromatic rings. The summed E-state index contributed by atoms with van der Waals surface area (Å²) < 4.78 is 0. The minimum atomic E-state index is -1.48. The Kier molecular flexibility index (Phi) is 3.35. The van der Waals surface area contributed by atoms with E-state index < -0.39 is 17.8 Å². The molecule has 8 heteroatoms. The zero-order valence-corrected chi connectivity index (χ0v) is 8.00. The number of carbonyl (C=O) groups is 1. The molecule has 0 aliphatic carbocycles. The van der Waals surface area contributed by atoms with Crippen molar-refractivity contribution in [3.8, 4) is 0 Å². The monoisotopic (exact) mass is 217 g/mol. The first-order chi connectivity index (χ1) is 6.99. The lowest BCUT2D eigenvalue weighted by Crippen LogP contribution is -2.58. The SMILES string of the molecule is N=[N+]=NCC1(O)CCN(C(=O)O)CC1O. The Balaban J connectivity index is 2.65. The average Bonchev–Trinajstić information content (AvgIpc) is 2.19. The third-order valence-electron chi connectivity index (χ3n) is 2.51. The van der Waals surface area contributed by atoms with Crippen LogP contribution in [0.15, 0.2) is 5.11 Å². The van der Waals surface area contributed by atoms with Gasteiger partial charge in [-0.15, -0.1) is 0 Å². The standard InChI is InChI=1S/C7H12N4O4/c8-10-9-4-7(15)1-2-11(6(13)14)3-5(7)12/h5,8,12,15H,1-4H2/p+1. The van der Waals surface area contributed by atoms with Crippen molar-refractivity contribution in [2.75, 3.05) is 19.6 Å². The maximum absolute atomic E-state index is 10.6. The molecule has 0 bridgehead atoms. The predicted molar refractivity (Wildman–Crippen MR) is 47.3 cm³/mol. The summed E-state index contributed by atoms with van der Waals surface area (Å²) in [5, 5.41) is 31.4. The molecule has 1 aliphatic rings. The van der Waals surface area contributed by atoms with Gasteiger partial charge in [0.15, 0.2) is 6.54 Å². The van der Waals surface area contributed by atoms with E-state index in [1.165, 1.54) is 0 Å². The number of aliphatic hydroxyl groups is 2. The van der Waals surface area contributed by atoms with Gasteiger partial charge >= 0.3 is 6.09 Å². The van der Waals surface area contributed by atoms with Gasteiger partial charge in [0.2, 0.25) is 4.91 Å². The van der Waals surface area contributed by atoms with Crippen LogP contribution in [-0.4, -0.2) is 57.7 Å². The summed E-state index contributed by atoms with van der Waals surface area (Å²) in [6.45, 7) is -0.207. The van der Waals surface area contributed by atoms with Crippen LogP contribution in [0.2, 0.25) is 0 Å². The number of β-amino-alcohol motifs (C(OH)–C–C–N with tert-alkyl or cyclic N) is 1. The van der Waals surface area contributed by atoms with E-state index in [1.54, 1.807) is 0 Å². The van der Waals surface area contributed by atoms with Crippen LogP contribution >= 0.6 is 0 Å². The van der Waals surface area contributed by atoms with Gasteiger partial charge in [-0.2, -0.15) is 0 Å². The second kappa shape index (κ2) is 4.35. The molecule has 0 saturated carbocycles. The molecule has 2 atom stereocenters. The van der Waals surface area contributed by atoms with Gasteiger partial charge in [-0.3, -0.25) is 0 Å². The van der Waals surface area contributed by atoms with Crippen molar-refractivity contribution in [3.05, 3.63) is 0 Å². The second-order valence-corrected chi connectivity index (χ2v) is 3.50. The molecule has 1 saturated heterocycles. The largest absolute Gasteiger partial charge is 0.465 e. The summed E-state index contributed by atoms with van der Waals surface area (Å²) in [5.41, 5.74) is 4.97. The zero-order valence-electron chi connectivity index (χ0n) is 8.00. The molecule has 84 valence electrons. The molecule has 8 nitrogen and oxygen atoms in total. The van der Waals surface area contributed by atoms with Gasteiger partial charge in [0.1, 0.15) is 22.4 Å². The van der Waals surface area contributed by atoms with Gasteiger partial charge in [0.05, 0.1) is 6.54 Å². The number of carboxylic acid groups (broad SMARTS) is 1. The third kappa shape index (κ3) is 2.50. The summed E-state index contributed by atoms with van der Waals surface area (Å²) in [6, 6.07) is 0. The van der Waals surface area contributed by atoms with Crippen LogP contribution in [-0.2, 0) is 0 Å². The van der Waals surface area contributed by atoms with Gasteiger partial charge in [-0.1, -0.05) is 0 Å². The number of amides is 1. The summed E-state index contributed by atoms with van der Waals surface area (Å²) in [5.74, 6) is 0. The Hall–Kier alpha value is -1.50. The summed E-state index contributed by atoms with van der Waals surface area (Å²) in [7, 11) is 0. The topological polar surface area (TPSA) is 131 Å². The maximum atomic E-state index is 10.6. The van der Waals surface area contributed by atoms with Crippen LogP contribution in [0.3, 0.4) is 0 Å². The van der Waals surface area contributed by atoms with Gasteiger partial charge in [0.25, 0.3) is 0 Å². The quantitative estimate of drug-likeness (QED) is 0.349. The Morgan fingerprint density at radius 1 is 1.73 bits per heavy atom. The first-order valence-electron chi connectivity index (χ1n) is 4.41. The van der Waals surface area contributed by atoms with Crippen molar-refractivity contribution in [2.45, 2.75) is 18.1 Å². The van der Waals surface area contributed by atoms with Crippen LogP contribution < -0.4 is 4.91 Å². The molecule has 0 aromatic carbocycles. The summed E-state index contributed by atoms with van der Waals surface area (Å²) in [6.07, 6.45) is -2.24. The van der Waals surface area contributed by atoms with Crippen molar-refractivity contribution in [1.29, 1.82) is 5.53 Å². The van der Waals surface area contributed by atoms with Gasteiger partial charge in [0, 0.05) is 6.54 Å². The summed E-state index contributed by atoms with van der Waals surface area (Å²) >= 11 is 0. The second-order valence-electron chi connectivity index (χ2n) is 3.50. The van der Waals surface area contributed by atoms with E-state index in [0.29, 0.717) is 0 Å². The maximum Gasteiger partial charge on any atom is 0.407 e. The van der Waals surface area contributed by atoms with Gasteiger partial charge in [-0.25, -0.2) is 4.79 Å². The number of rotatable bonds is 2. The van der Waals surface area contributed by atoms with Crippen molar-refractivity contribution >= 4 is 6.09 Å². The first kappa shape index (κ1) is 11.6. The van der Waals surface area contributed by atoms with Gasteiger partial charge < -0.3 is 20.2 Å². The van der Waals surface area contributed by atoms with E-state index in [0.717, 1.165) is 4.90 Å². The fourth-order valence-electron chi connectivity index (χ4n) is 1.48. The van der Waals surface area contributed by atoms with Gasteiger partial charge in [-0.05, 0) is 6.42 Å².